The van der Waals surface area contributed by atoms with Crippen molar-refractivity contribution in [1.29, 1.82) is 0 Å². The molecule has 1 unspecified atom stereocenters. The van der Waals surface area contributed by atoms with Crippen molar-refractivity contribution in [2.75, 3.05) is 0 Å². The molecule has 1 N–H and O–H groups in total. The van der Waals surface area contributed by atoms with Gasteiger partial charge in [0.1, 0.15) is 0 Å². The first-order valence-electron chi connectivity index (χ1n) is 9.28. The molecule has 0 saturated carbocycles. The van der Waals surface area contributed by atoms with Crippen LogP contribution in [-0.4, -0.2) is 25.5 Å². The number of carbonyl (C=O) groups is 1. The lowest BCUT2D eigenvalue weighted by atomic mass is 10.2. The third-order valence-electron chi connectivity index (χ3n) is 4.80. The Kier molecular flexibility index (Phi) is 6.79. The molecule has 4 heteroatoms. The predicted molar refractivity (Wildman–Crippen MR) is 110 cm³/mol. The summed E-state index contributed by atoms with van der Waals surface area (Å²) in [6.45, 7) is 8.83. The highest BCUT2D eigenvalue weighted by molar-refractivity contribution is 6.99. The minimum atomic E-state index is -2.54. The van der Waals surface area contributed by atoms with Crippen LogP contribution >= 0.6 is 0 Å². The Morgan fingerprint density at radius 1 is 1.00 bits per heavy atom. The quantitative estimate of drug-likeness (QED) is 0.708. The summed E-state index contributed by atoms with van der Waals surface area (Å²) < 4.78 is 6.90. The molecule has 2 aromatic rings. The van der Waals surface area contributed by atoms with E-state index < -0.39 is 14.3 Å². The van der Waals surface area contributed by atoms with Crippen molar-refractivity contribution in [1.82, 2.24) is 0 Å². The van der Waals surface area contributed by atoms with Gasteiger partial charge in [0.15, 0.2) is 0 Å². The topological polar surface area (TPSA) is 46.5 Å². The van der Waals surface area contributed by atoms with Crippen LogP contribution in [0.5, 0.6) is 0 Å². The summed E-state index contributed by atoms with van der Waals surface area (Å²) in [7, 11) is -2.54. The lowest BCUT2D eigenvalue weighted by Crippen LogP contribution is -2.67. The fourth-order valence-electron chi connectivity index (χ4n) is 3.59. The van der Waals surface area contributed by atoms with E-state index in [1.807, 2.05) is 12.1 Å². The van der Waals surface area contributed by atoms with Crippen molar-refractivity contribution in [3.8, 4) is 0 Å². The lowest BCUT2D eigenvalue weighted by molar-refractivity contribution is -0.137. The van der Waals surface area contributed by atoms with Gasteiger partial charge in [-0.2, -0.15) is 0 Å². The maximum atomic E-state index is 10.8. The average Bonchev–Trinajstić information content (AvgIpc) is 2.60. The zero-order valence-corrected chi connectivity index (χ0v) is 17.2. The molecule has 0 aliphatic heterocycles. The summed E-state index contributed by atoms with van der Waals surface area (Å²) in [6, 6.07) is 21.1. The molecule has 2 rings (SSSR count). The van der Waals surface area contributed by atoms with Crippen molar-refractivity contribution >= 4 is 24.7 Å². The number of aliphatic carboxylic acids is 1. The van der Waals surface area contributed by atoms with Crippen LogP contribution in [0.2, 0.25) is 5.04 Å². The maximum Gasteiger partial charge on any atom is 0.303 e. The van der Waals surface area contributed by atoms with Crippen LogP contribution in [0.1, 0.15) is 47.0 Å². The van der Waals surface area contributed by atoms with E-state index in [-0.39, 0.29) is 17.6 Å². The Morgan fingerprint density at radius 3 is 1.85 bits per heavy atom. The van der Waals surface area contributed by atoms with Gasteiger partial charge in [-0.3, -0.25) is 4.79 Å². The second-order valence-electron chi connectivity index (χ2n) is 7.88. The van der Waals surface area contributed by atoms with Crippen molar-refractivity contribution < 1.29 is 14.3 Å². The van der Waals surface area contributed by atoms with Gasteiger partial charge >= 0.3 is 5.97 Å². The standard InChI is InChI=1S/C22H30O3Si/c1-18(12-11-17-21(23)24)25-26(22(2,3)4,19-13-7-5-8-14-19)20-15-9-6-10-16-20/h5-10,13-16,18H,11-12,17H2,1-4H3,(H,23,24). The molecule has 0 radical (unpaired) electrons. The van der Waals surface area contributed by atoms with Crippen molar-refractivity contribution in [3.63, 3.8) is 0 Å². The highest BCUT2D eigenvalue weighted by Gasteiger charge is 2.50. The summed E-state index contributed by atoms with van der Waals surface area (Å²) in [5.41, 5.74) is 0. The Bertz CT molecular complexity index is 653. The lowest BCUT2D eigenvalue weighted by Gasteiger charge is -2.44. The Morgan fingerprint density at radius 2 is 1.46 bits per heavy atom. The Labute approximate surface area is 158 Å². The largest absolute Gasteiger partial charge is 0.481 e. The molecule has 140 valence electrons. The first-order valence-corrected chi connectivity index (χ1v) is 11.2. The second kappa shape index (κ2) is 8.65. The minimum Gasteiger partial charge on any atom is -0.481 e. The third kappa shape index (κ3) is 4.62. The van der Waals surface area contributed by atoms with Gasteiger partial charge in [-0.25, -0.2) is 0 Å². The SMILES string of the molecule is CC(CCCC(=O)O)O[Si](c1ccccc1)(c1ccccc1)C(C)(C)C. The van der Waals surface area contributed by atoms with E-state index >= 15 is 0 Å². The van der Waals surface area contributed by atoms with Crippen molar-refractivity contribution in [2.24, 2.45) is 0 Å². The summed E-state index contributed by atoms with van der Waals surface area (Å²) in [6.07, 6.45) is 1.57. The molecule has 2 aromatic carbocycles. The normalized spacial score (nSPS) is 13.4. The van der Waals surface area contributed by atoms with E-state index in [9.17, 15) is 4.79 Å². The molecule has 1 atom stereocenters. The molecular weight excluding hydrogens is 340 g/mol. The van der Waals surface area contributed by atoms with Gasteiger partial charge in [0.25, 0.3) is 8.32 Å². The fraction of sp³-hybridized carbons (Fsp3) is 0.409. The third-order valence-corrected chi connectivity index (χ3v) is 9.96. The van der Waals surface area contributed by atoms with Crippen LogP contribution in [0.3, 0.4) is 0 Å². The molecular formula is C22H30O3Si. The number of carboxylic acid groups (broad SMARTS) is 1. The number of hydrogen-bond donors (Lipinski definition) is 1. The average molecular weight is 371 g/mol. The van der Waals surface area contributed by atoms with E-state index in [0.29, 0.717) is 6.42 Å². The van der Waals surface area contributed by atoms with Gasteiger partial charge in [-0.05, 0) is 35.2 Å². The van der Waals surface area contributed by atoms with E-state index in [4.69, 9.17) is 9.53 Å². The Balaban J connectivity index is 2.45. The zero-order chi connectivity index (χ0) is 19.2. The van der Waals surface area contributed by atoms with E-state index in [2.05, 4.69) is 76.2 Å². The zero-order valence-electron chi connectivity index (χ0n) is 16.2. The van der Waals surface area contributed by atoms with Crippen LogP contribution in [0.4, 0.5) is 0 Å². The maximum absolute atomic E-state index is 10.8. The molecule has 0 aliphatic carbocycles. The molecule has 0 aromatic heterocycles. The van der Waals surface area contributed by atoms with Gasteiger partial charge in [-0.15, -0.1) is 0 Å². The number of rotatable bonds is 8. The molecule has 0 aliphatic rings. The predicted octanol–water partition coefficient (Wildman–Crippen LogP) is 4.21. The molecule has 0 amide bonds. The molecule has 0 bridgehead atoms. The fourth-order valence-corrected chi connectivity index (χ4v) is 8.33. The van der Waals surface area contributed by atoms with Crippen LogP contribution < -0.4 is 10.4 Å². The number of benzene rings is 2. The summed E-state index contributed by atoms with van der Waals surface area (Å²) >= 11 is 0. The molecule has 0 spiro atoms. The monoisotopic (exact) mass is 370 g/mol. The minimum absolute atomic E-state index is 0.000605. The van der Waals surface area contributed by atoms with Crippen molar-refractivity contribution in [3.05, 3.63) is 60.7 Å². The van der Waals surface area contributed by atoms with Gasteiger partial charge in [0.2, 0.25) is 0 Å². The van der Waals surface area contributed by atoms with E-state index in [1.54, 1.807) is 0 Å². The highest BCUT2D eigenvalue weighted by atomic mass is 28.4. The first-order chi connectivity index (χ1) is 12.3. The van der Waals surface area contributed by atoms with Crippen molar-refractivity contribution in [2.45, 2.75) is 58.1 Å². The second-order valence-corrected chi connectivity index (χ2v) is 12.1. The Hall–Kier alpha value is -1.91. The summed E-state index contributed by atoms with van der Waals surface area (Å²) in [4.78, 5) is 10.8. The summed E-state index contributed by atoms with van der Waals surface area (Å²) in [5, 5.41) is 11.4. The number of hydrogen-bond acceptors (Lipinski definition) is 2. The van der Waals surface area contributed by atoms with Crippen LogP contribution in [0.15, 0.2) is 60.7 Å². The van der Waals surface area contributed by atoms with E-state index in [1.165, 1.54) is 10.4 Å². The first kappa shape index (κ1) is 20.4. The summed E-state index contributed by atoms with van der Waals surface area (Å²) in [5.74, 6) is -0.748. The molecule has 0 fully saturated rings. The molecule has 26 heavy (non-hydrogen) atoms. The van der Waals surface area contributed by atoms with Crippen LogP contribution in [-0.2, 0) is 9.22 Å². The van der Waals surface area contributed by atoms with Gasteiger partial charge in [-0.1, -0.05) is 81.4 Å². The van der Waals surface area contributed by atoms with Gasteiger partial charge in [0.05, 0.1) is 0 Å². The molecule has 0 saturated heterocycles. The molecule has 0 heterocycles. The van der Waals surface area contributed by atoms with Crippen LogP contribution in [0.25, 0.3) is 0 Å². The van der Waals surface area contributed by atoms with Gasteiger partial charge < -0.3 is 9.53 Å². The van der Waals surface area contributed by atoms with Gasteiger partial charge in [0, 0.05) is 12.5 Å². The van der Waals surface area contributed by atoms with E-state index in [0.717, 1.165) is 6.42 Å². The van der Waals surface area contributed by atoms with Crippen LogP contribution in [0, 0.1) is 0 Å². The number of carboxylic acids is 1. The molecule has 3 nitrogen and oxygen atoms in total. The highest BCUT2D eigenvalue weighted by Crippen LogP contribution is 2.37. The smallest absolute Gasteiger partial charge is 0.303 e.